The molecule has 0 saturated carbocycles. The van der Waals surface area contributed by atoms with Crippen molar-refractivity contribution in [1.82, 2.24) is 30.5 Å². The highest BCUT2D eigenvalue weighted by Gasteiger charge is 2.29. The van der Waals surface area contributed by atoms with Crippen LogP contribution in [0.4, 0.5) is 23.0 Å². The number of amides is 4. The molecule has 4 aliphatic heterocycles. The molecule has 1 aromatic carbocycles. The predicted octanol–water partition coefficient (Wildman–Crippen LogP) is 2.55. The zero-order valence-electron chi connectivity index (χ0n) is 30.6. The Hall–Kier alpha value is -5.15. The molecule has 15 nitrogen and oxygen atoms in total. The van der Waals surface area contributed by atoms with Gasteiger partial charge in [0, 0.05) is 51.4 Å². The number of likely N-dealkylation sites (tertiary alicyclic amines) is 1. The summed E-state index contributed by atoms with van der Waals surface area (Å²) in [6.07, 6.45) is 10.1. The maximum absolute atomic E-state index is 12.6. The molecule has 15 heteroatoms. The highest BCUT2D eigenvalue weighted by molar-refractivity contribution is 6.03. The lowest BCUT2D eigenvalue weighted by Crippen LogP contribution is -2.52. The first-order valence-corrected chi connectivity index (χ1v) is 19.2. The number of hydrogen-bond donors (Lipinski definition) is 5. The van der Waals surface area contributed by atoms with Crippen molar-refractivity contribution in [1.29, 1.82) is 0 Å². The van der Waals surface area contributed by atoms with Crippen LogP contribution in [0.5, 0.6) is 0 Å². The fraction of sp³-hybridized carbons (Fsp3) is 0.513. The average Bonchev–Trinajstić information content (AvgIpc) is 3.20. The largest absolute Gasteiger partial charge is 0.396 e. The van der Waals surface area contributed by atoms with Gasteiger partial charge < -0.3 is 36.2 Å². The molecule has 4 aliphatic rings. The number of nitrogens with zero attached hydrogens (tertiary/aromatic N) is 6. The van der Waals surface area contributed by atoms with Gasteiger partial charge >= 0.3 is 0 Å². The molecule has 3 aromatic rings. The molecule has 4 saturated heterocycles. The summed E-state index contributed by atoms with van der Waals surface area (Å²) in [5.41, 5.74) is 9.08. The number of pyridine rings is 1. The molecule has 7 rings (SSSR count). The first-order valence-electron chi connectivity index (χ1n) is 19.2. The Labute approximate surface area is 315 Å². The van der Waals surface area contributed by atoms with E-state index in [2.05, 4.69) is 52.8 Å². The van der Waals surface area contributed by atoms with Gasteiger partial charge in [0.25, 0.3) is 11.8 Å². The minimum atomic E-state index is -0.727. The average molecular weight is 739 g/mol. The predicted molar refractivity (Wildman–Crippen MR) is 204 cm³/mol. The SMILES string of the molecule is NC(=O)c1ncc(N2CCC[C@@H](CO)C2)nc1Nc1ccc(C2CCN(CC3CCN(c4ccc(C(=O)NC5CCC(=O)NC5=O)nc4)CC3)CC2)cc1. The Morgan fingerprint density at radius 3 is 2.33 bits per heavy atom. The van der Waals surface area contributed by atoms with E-state index in [0.29, 0.717) is 30.0 Å². The maximum atomic E-state index is 12.6. The van der Waals surface area contributed by atoms with Crippen LogP contribution in [-0.4, -0.2) is 107 Å². The zero-order valence-corrected chi connectivity index (χ0v) is 30.6. The number of piperidine rings is 4. The van der Waals surface area contributed by atoms with Crippen molar-refractivity contribution in [3.8, 4) is 0 Å². The molecule has 4 amide bonds. The molecule has 0 radical (unpaired) electrons. The van der Waals surface area contributed by atoms with E-state index in [0.717, 1.165) is 89.2 Å². The number of imide groups is 1. The van der Waals surface area contributed by atoms with E-state index in [9.17, 15) is 24.3 Å². The quantitative estimate of drug-likeness (QED) is 0.181. The Morgan fingerprint density at radius 1 is 0.870 bits per heavy atom. The summed E-state index contributed by atoms with van der Waals surface area (Å²) in [6.45, 7) is 6.75. The molecular formula is C39H50N10O5. The fourth-order valence-corrected chi connectivity index (χ4v) is 8.16. The van der Waals surface area contributed by atoms with Crippen molar-refractivity contribution in [3.05, 3.63) is 65.7 Å². The monoisotopic (exact) mass is 738 g/mol. The molecule has 6 heterocycles. The van der Waals surface area contributed by atoms with Gasteiger partial charge in [-0.15, -0.1) is 0 Å². The van der Waals surface area contributed by atoms with E-state index in [1.807, 2.05) is 18.2 Å². The molecule has 2 aromatic heterocycles. The normalized spacial score (nSPS) is 21.8. The van der Waals surface area contributed by atoms with Gasteiger partial charge in [0.2, 0.25) is 11.8 Å². The number of hydrogen-bond acceptors (Lipinski definition) is 12. The Morgan fingerprint density at radius 2 is 1.65 bits per heavy atom. The number of nitrogens with one attached hydrogen (secondary N) is 3. The van der Waals surface area contributed by atoms with Crippen LogP contribution >= 0.6 is 0 Å². The second-order valence-corrected chi connectivity index (χ2v) is 15.1. The maximum Gasteiger partial charge on any atom is 0.271 e. The lowest BCUT2D eigenvalue weighted by molar-refractivity contribution is -0.134. The minimum Gasteiger partial charge on any atom is -0.396 e. The van der Waals surface area contributed by atoms with Gasteiger partial charge in [0.05, 0.1) is 18.1 Å². The number of primary amides is 1. The highest BCUT2D eigenvalue weighted by Crippen LogP contribution is 2.32. The van der Waals surface area contributed by atoms with Crippen molar-refractivity contribution in [2.75, 3.05) is 67.5 Å². The van der Waals surface area contributed by atoms with E-state index < -0.39 is 23.8 Å². The lowest BCUT2D eigenvalue weighted by Gasteiger charge is -2.38. The van der Waals surface area contributed by atoms with Gasteiger partial charge in [0.15, 0.2) is 11.5 Å². The topological polar surface area (TPSA) is 199 Å². The molecule has 2 atom stereocenters. The van der Waals surface area contributed by atoms with Crippen molar-refractivity contribution in [2.45, 2.75) is 63.3 Å². The third-order valence-electron chi connectivity index (χ3n) is 11.3. The summed E-state index contributed by atoms with van der Waals surface area (Å²) in [6, 6.07) is 11.2. The van der Waals surface area contributed by atoms with Crippen molar-refractivity contribution in [3.63, 3.8) is 0 Å². The molecule has 54 heavy (non-hydrogen) atoms. The first-order chi connectivity index (χ1) is 26.2. The van der Waals surface area contributed by atoms with Gasteiger partial charge in [-0.2, -0.15) is 0 Å². The summed E-state index contributed by atoms with van der Waals surface area (Å²) in [4.78, 5) is 68.6. The van der Waals surface area contributed by atoms with E-state index >= 15 is 0 Å². The van der Waals surface area contributed by atoms with Crippen molar-refractivity contribution >= 4 is 46.6 Å². The number of aliphatic hydroxyl groups is 1. The van der Waals surface area contributed by atoms with E-state index in [1.165, 1.54) is 5.56 Å². The number of aliphatic hydroxyl groups excluding tert-OH is 1. The molecule has 286 valence electrons. The third-order valence-corrected chi connectivity index (χ3v) is 11.3. The van der Waals surface area contributed by atoms with Crippen LogP contribution in [0, 0.1) is 11.8 Å². The number of rotatable bonds is 11. The zero-order chi connectivity index (χ0) is 37.6. The second kappa shape index (κ2) is 16.9. The number of carbonyl (C=O) groups is 4. The van der Waals surface area contributed by atoms with Gasteiger partial charge in [-0.3, -0.25) is 24.5 Å². The van der Waals surface area contributed by atoms with Crippen LogP contribution < -0.4 is 31.5 Å². The molecule has 4 fully saturated rings. The molecule has 0 aliphatic carbocycles. The summed E-state index contributed by atoms with van der Waals surface area (Å²) in [7, 11) is 0. The Kier molecular flexibility index (Phi) is 11.6. The number of nitrogens with two attached hydrogens (primary N) is 1. The van der Waals surface area contributed by atoms with Gasteiger partial charge in [-0.05, 0) is 106 Å². The summed E-state index contributed by atoms with van der Waals surface area (Å²) in [5, 5.41) is 17.9. The van der Waals surface area contributed by atoms with Crippen LogP contribution in [0.15, 0.2) is 48.8 Å². The summed E-state index contributed by atoms with van der Waals surface area (Å²) >= 11 is 0. The molecule has 1 unspecified atom stereocenters. The van der Waals surface area contributed by atoms with Gasteiger partial charge in [-0.25, -0.2) is 15.0 Å². The van der Waals surface area contributed by atoms with Crippen LogP contribution in [-0.2, 0) is 9.59 Å². The van der Waals surface area contributed by atoms with Crippen LogP contribution in [0.2, 0.25) is 0 Å². The second-order valence-electron chi connectivity index (χ2n) is 15.1. The first kappa shape index (κ1) is 37.2. The third kappa shape index (κ3) is 8.96. The number of anilines is 4. The molecule has 0 bridgehead atoms. The fourth-order valence-electron chi connectivity index (χ4n) is 8.16. The number of aromatic nitrogens is 3. The van der Waals surface area contributed by atoms with Gasteiger partial charge in [0.1, 0.15) is 17.6 Å². The van der Waals surface area contributed by atoms with Crippen LogP contribution in [0.25, 0.3) is 0 Å². The van der Waals surface area contributed by atoms with E-state index in [-0.39, 0.29) is 42.7 Å². The lowest BCUT2D eigenvalue weighted by atomic mass is 9.88. The Bertz CT molecular complexity index is 1810. The summed E-state index contributed by atoms with van der Waals surface area (Å²) < 4.78 is 0. The smallest absolute Gasteiger partial charge is 0.271 e. The van der Waals surface area contributed by atoms with E-state index in [4.69, 9.17) is 10.7 Å². The van der Waals surface area contributed by atoms with Crippen molar-refractivity contribution < 1.29 is 24.3 Å². The summed E-state index contributed by atoms with van der Waals surface area (Å²) in [5.74, 6) is 0.447. The standard InChI is InChI=1S/C39H50N10O5/c40-36(52)35-37(45-33(21-42-35)49-15-1-2-26(23-49)24-50)43-29-5-3-27(4-6-29)28-13-16-47(17-14-28)22-25-11-18-48(19-12-25)30-7-8-31(41-20-30)38(53)44-32-9-10-34(51)46-39(32)54/h3-8,20-21,25-26,28,32,50H,1-2,9-19,22-24H2,(H2,40,52)(H,43,45)(H,44,53)(H,46,51,54)/t26-,32?/m1/s1. The van der Waals surface area contributed by atoms with Crippen LogP contribution in [0.3, 0.4) is 0 Å². The number of carbonyl (C=O) groups excluding carboxylic acids is 4. The highest BCUT2D eigenvalue weighted by atomic mass is 16.3. The molecule has 6 N–H and O–H groups in total. The van der Waals surface area contributed by atoms with Gasteiger partial charge in [-0.1, -0.05) is 12.1 Å². The molecular weight excluding hydrogens is 688 g/mol. The van der Waals surface area contributed by atoms with Crippen molar-refractivity contribution in [2.24, 2.45) is 17.6 Å². The Balaban J connectivity index is 0.854. The van der Waals surface area contributed by atoms with E-state index in [1.54, 1.807) is 18.5 Å². The minimum absolute atomic E-state index is 0.0959. The number of benzene rings is 1. The van der Waals surface area contributed by atoms with Crippen LogP contribution in [0.1, 0.15) is 83.8 Å². The molecule has 0 spiro atoms.